The van der Waals surface area contributed by atoms with Gasteiger partial charge < -0.3 is 10.0 Å². The molecular formula is C14H14N2O2S. The predicted molar refractivity (Wildman–Crippen MR) is 78.2 cm³/mol. The number of carbonyl (C=O) groups is 1. The van der Waals surface area contributed by atoms with Crippen LogP contribution >= 0.6 is 11.8 Å². The Morgan fingerprint density at radius 2 is 2.05 bits per heavy atom. The van der Waals surface area contributed by atoms with Crippen molar-refractivity contribution in [3.63, 3.8) is 0 Å². The molecule has 1 aromatic carbocycles. The molecule has 0 radical (unpaired) electrons. The van der Waals surface area contributed by atoms with E-state index >= 15 is 0 Å². The third-order valence-corrected chi connectivity index (χ3v) is 4.23. The topological polar surface area (TPSA) is 53.4 Å². The van der Waals surface area contributed by atoms with E-state index in [9.17, 15) is 4.79 Å². The highest BCUT2D eigenvalue weighted by atomic mass is 32.2. The molecule has 2 aromatic rings. The van der Waals surface area contributed by atoms with Gasteiger partial charge in [0, 0.05) is 41.9 Å². The minimum Gasteiger partial charge on any atom is -0.478 e. The number of rotatable bonds is 2. The molecule has 1 aliphatic heterocycles. The van der Waals surface area contributed by atoms with Gasteiger partial charge in [0.2, 0.25) is 0 Å². The zero-order valence-corrected chi connectivity index (χ0v) is 11.2. The Bertz CT molecular complexity index is 624. The Morgan fingerprint density at radius 1 is 1.26 bits per heavy atom. The van der Waals surface area contributed by atoms with Crippen LogP contribution in [-0.4, -0.2) is 40.7 Å². The molecule has 1 saturated heterocycles. The molecule has 1 aliphatic rings. The van der Waals surface area contributed by atoms with Crippen molar-refractivity contribution in [2.45, 2.75) is 0 Å². The Hall–Kier alpha value is -1.75. The maximum absolute atomic E-state index is 10.9. The Morgan fingerprint density at radius 3 is 2.79 bits per heavy atom. The smallest absolute Gasteiger partial charge is 0.337 e. The summed E-state index contributed by atoms with van der Waals surface area (Å²) in [4.78, 5) is 17.5. The molecule has 0 bridgehead atoms. The monoisotopic (exact) mass is 274 g/mol. The maximum atomic E-state index is 10.9. The molecule has 0 aliphatic carbocycles. The summed E-state index contributed by atoms with van der Waals surface area (Å²) in [5.74, 6) is 1.37. The number of thioether (sulfide) groups is 1. The van der Waals surface area contributed by atoms with Gasteiger partial charge in [-0.1, -0.05) is 6.07 Å². The fraction of sp³-hybridized carbons (Fsp3) is 0.286. The first kappa shape index (κ1) is 12.3. The third-order valence-electron chi connectivity index (χ3n) is 3.29. The van der Waals surface area contributed by atoms with Crippen LogP contribution in [0.25, 0.3) is 10.9 Å². The number of anilines is 1. The van der Waals surface area contributed by atoms with Crippen LogP contribution in [0.3, 0.4) is 0 Å². The van der Waals surface area contributed by atoms with Gasteiger partial charge in [-0.05, 0) is 18.2 Å². The van der Waals surface area contributed by atoms with E-state index in [2.05, 4.69) is 9.88 Å². The van der Waals surface area contributed by atoms with Crippen molar-refractivity contribution in [3.8, 4) is 0 Å². The van der Waals surface area contributed by atoms with E-state index in [1.54, 1.807) is 6.07 Å². The fourth-order valence-electron chi connectivity index (χ4n) is 2.25. The molecule has 0 atom stereocenters. The molecule has 98 valence electrons. The number of fused-ring (bicyclic) bond motifs is 1. The van der Waals surface area contributed by atoms with Crippen LogP contribution in [0.2, 0.25) is 0 Å². The third kappa shape index (κ3) is 2.51. The van der Waals surface area contributed by atoms with Crippen LogP contribution in [0.15, 0.2) is 30.5 Å². The normalized spacial score (nSPS) is 15.7. The number of aromatic nitrogens is 1. The van der Waals surface area contributed by atoms with E-state index < -0.39 is 5.97 Å². The number of pyridine rings is 1. The van der Waals surface area contributed by atoms with Gasteiger partial charge in [0.25, 0.3) is 0 Å². The van der Waals surface area contributed by atoms with Crippen LogP contribution in [0.4, 0.5) is 5.69 Å². The molecule has 0 amide bonds. The first-order valence-electron chi connectivity index (χ1n) is 6.20. The quantitative estimate of drug-likeness (QED) is 0.911. The molecule has 1 N–H and O–H groups in total. The first-order valence-corrected chi connectivity index (χ1v) is 7.35. The summed E-state index contributed by atoms with van der Waals surface area (Å²) < 4.78 is 0. The van der Waals surface area contributed by atoms with Crippen molar-refractivity contribution >= 4 is 34.3 Å². The lowest BCUT2D eigenvalue weighted by Crippen LogP contribution is -2.32. The van der Waals surface area contributed by atoms with Gasteiger partial charge in [-0.3, -0.25) is 4.98 Å². The van der Waals surface area contributed by atoms with Gasteiger partial charge in [-0.2, -0.15) is 11.8 Å². The van der Waals surface area contributed by atoms with E-state index in [4.69, 9.17) is 5.11 Å². The predicted octanol–water partition coefficient (Wildman–Crippen LogP) is 2.49. The molecule has 3 rings (SSSR count). The van der Waals surface area contributed by atoms with E-state index in [0.717, 1.165) is 35.5 Å². The zero-order chi connectivity index (χ0) is 13.2. The van der Waals surface area contributed by atoms with Crippen LogP contribution in [0, 0.1) is 0 Å². The van der Waals surface area contributed by atoms with Crippen LogP contribution < -0.4 is 4.90 Å². The second-order valence-corrected chi connectivity index (χ2v) is 5.73. The minimum absolute atomic E-state index is 0.231. The Labute approximate surface area is 115 Å². The highest BCUT2D eigenvalue weighted by molar-refractivity contribution is 7.99. The van der Waals surface area contributed by atoms with E-state index in [-0.39, 0.29) is 5.56 Å². The van der Waals surface area contributed by atoms with Gasteiger partial charge in [-0.25, -0.2) is 4.79 Å². The number of aromatic carboxylic acids is 1. The van der Waals surface area contributed by atoms with Gasteiger partial charge in [0.15, 0.2) is 0 Å². The largest absolute Gasteiger partial charge is 0.478 e. The summed E-state index contributed by atoms with van der Waals surface area (Å²) in [6.45, 7) is 2.12. The molecule has 0 spiro atoms. The summed E-state index contributed by atoms with van der Waals surface area (Å²) in [5, 5.41) is 9.82. The van der Waals surface area contributed by atoms with Crippen LogP contribution in [0.5, 0.6) is 0 Å². The lowest BCUT2D eigenvalue weighted by atomic mass is 10.1. The van der Waals surface area contributed by atoms with Gasteiger partial charge in [-0.15, -0.1) is 0 Å². The average Bonchev–Trinajstić information content (AvgIpc) is 2.47. The lowest BCUT2D eigenvalue weighted by Gasteiger charge is -2.28. The fourth-order valence-corrected chi connectivity index (χ4v) is 3.15. The summed E-state index contributed by atoms with van der Waals surface area (Å²) in [7, 11) is 0. The number of carboxylic acids is 1. The maximum Gasteiger partial charge on any atom is 0.337 e. The summed E-state index contributed by atoms with van der Waals surface area (Å²) in [6.07, 6.45) is 1.42. The van der Waals surface area contributed by atoms with Crippen molar-refractivity contribution in [1.82, 2.24) is 4.98 Å². The summed E-state index contributed by atoms with van der Waals surface area (Å²) >= 11 is 1.98. The standard InChI is InChI=1S/C14H14N2O2S/c17-14(18)11-7-10-1-2-12(8-13(10)15-9-11)16-3-5-19-6-4-16/h1-2,7-9H,3-6H2,(H,17,18). The number of benzene rings is 1. The Kier molecular flexibility index (Phi) is 3.29. The molecular weight excluding hydrogens is 260 g/mol. The van der Waals surface area contributed by atoms with Crippen molar-refractivity contribution in [2.24, 2.45) is 0 Å². The summed E-state index contributed by atoms with van der Waals surface area (Å²) in [6, 6.07) is 7.70. The van der Waals surface area contributed by atoms with Crippen LogP contribution in [0.1, 0.15) is 10.4 Å². The van der Waals surface area contributed by atoms with Gasteiger partial charge in [0.1, 0.15) is 0 Å². The van der Waals surface area contributed by atoms with Crippen LogP contribution in [-0.2, 0) is 0 Å². The molecule has 0 saturated carbocycles. The second kappa shape index (κ2) is 5.09. The van der Waals surface area contributed by atoms with E-state index in [1.165, 1.54) is 11.9 Å². The number of carboxylic acid groups (broad SMARTS) is 1. The summed E-state index contributed by atoms with van der Waals surface area (Å²) in [5.41, 5.74) is 2.25. The number of nitrogens with zero attached hydrogens (tertiary/aromatic N) is 2. The molecule has 1 aromatic heterocycles. The molecule has 0 unspecified atom stereocenters. The van der Waals surface area contributed by atoms with Crippen molar-refractivity contribution < 1.29 is 9.90 Å². The molecule has 5 heteroatoms. The van der Waals surface area contributed by atoms with E-state index in [0.29, 0.717) is 0 Å². The Balaban J connectivity index is 1.97. The van der Waals surface area contributed by atoms with Gasteiger partial charge >= 0.3 is 5.97 Å². The van der Waals surface area contributed by atoms with Gasteiger partial charge in [0.05, 0.1) is 11.1 Å². The van der Waals surface area contributed by atoms with Crippen molar-refractivity contribution in [3.05, 3.63) is 36.0 Å². The SMILES string of the molecule is O=C(O)c1cnc2cc(N3CCSCC3)ccc2c1. The highest BCUT2D eigenvalue weighted by Gasteiger charge is 2.12. The number of hydrogen-bond acceptors (Lipinski definition) is 4. The zero-order valence-electron chi connectivity index (χ0n) is 10.4. The molecule has 4 nitrogen and oxygen atoms in total. The second-order valence-electron chi connectivity index (χ2n) is 4.51. The van der Waals surface area contributed by atoms with Crippen molar-refractivity contribution in [2.75, 3.05) is 29.5 Å². The minimum atomic E-state index is -0.938. The first-order chi connectivity index (χ1) is 9.24. The van der Waals surface area contributed by atoms with Crippen molar-refractivity contribution in [1.29, 1.82) is 0 Å². The highest BCUT2D eigenvalue weighted by Crippen LogP contribution is 2.24. The molecule has 2 heterocycles. The average molecular weight is 274 g/mol. The van der Waals surface area contributed by atoms with E-state index in [1.807, 2.05) is 30.0 Å². The molecule has 19 heavy (non-hydrogen) atoms. The molecule has 1 fully saturated rings. The number of hydrogen-bond donors (Lipinski definition) is 1. The lowest BCUT2D eigenvalue weighted by molar-refractivity contribution is 0.0696.